The summed E-state index contributed by atoms with van der Waals surface area (Å²) in [4.78, 5) is 48.3. The lowest BCUT2D eigenvalue weighted by molar-refractivity contribution is -0.122. The van der Waals surface area contributed by atoms with Crippen LogP contribution in [-0.2, 0) is 24.2 Å². The van der Waals surface area contributed by atoms with Crippen LogP contribution in [0.1, 0.15) is 69.8 Å². The molecule has 1 aliphatic heterocycles. The number of H-pyrrole nitrogens is 1. The van der Waals surface area contributed by atoms with E-state index in [4.69, 9.17) is 15.7 Å². The third-order valence-electron chi connectivity index (χ3n) is 12.2. The number of hydrogen-bond acceptors (Lipinski definition) is 9. The number of imidazole rings is 1. The van der Waals surface area contributed by atoms with E-state index in [1.165, 1.54) is 28.2 Å². The Morgan fingerprint density at radius 3 is 2.37 bits per heavy atom. The first-order valence-electron chi connectivity index (χ1n) is 20.6. The number of fused-ring (bicyclic) bond motifs is 4. The number of aromatic nitrogens is 6. The first-order valence-corrected chi connectivity index (χ1v) is 21.4. The third kappa shape index (κ3) is 7.98. The topological polar surface area (TPSA) is 151 Å². The molecule has 2 unspecified atom stereocenters. The van der Waals surface area contributed by atoms with Gasteiger partial charge in [0.25, 0.3) is 12.3 Å². The number of piperazine rings is 1. The van der Waals surface area contributed by atoms with Crippen LogP contribution in [0, 0.1) is 23.4 Å². The van der Waals surface area contributed by atoms with E-state index >= 15 is 0 Å². The van der Waals surface area contributed by atoms with Crippen molar-refractivity contribution in [2.75, 3.05) is 36.0 Å². The van der Waals surface area contributed by atoms with E-state index in [1.807, 2.05) is 12.1 Å². The molecule has 12 nitrogen and oxygen atoms in total. The maximum atomic E-state index is 14.9. The highest BCUT2D eigenvalue weighted by Crippen LogP contribution is 2.55. The zero-order valence-electron chi connectivity index (χ0n) is 33.5. The molecule has 10 rings (SSSR count). The molecule has 4 N–H and O–H groups in total. The summed E-state index contributed by atoms with van der Waals surface area (Å²) >= 11 is 1.39. The summed E-state index contributed by atoms with van der Waals surface area (Å²) in [7, 11) is 0. The van der Waals surface area contributed by atoms with Crippen molar-refractivity contribution in [2.24, 2.45) is 11.7 Å². The standard InChI is InChI=1S/C45H39F5N10O2S/c46-27-15-23(16-28(47)20-27)17-35(54-37(61)22-60-40-30(39(57-60)41(49)50)7-3-26-18-32(26)40)38-31(25-4-8-34(48)33(19-25)42(51)62)21-36-44(55-38)56-45(63-36)59-13-11-58(12-14-59)29-5-1-24(2-6-29)43-52-9-10-53-43/h1-2,4-6,8-10,15-16,19-21,26,32,35,41H,3,7,11-14,17-18,22H2,(H2,51,62)(H,52,53)(H,54,61)/t26?,32?,35-/m0/s1. The van der Waals surface area contributed by atoms with E-state index in [0.717, 1.165) is 54.2 Å². The minimum Gasteiger partial charge on any atom is -0.368 e. The molecular formula is C45H39F5N10O2S. The number of nitrogens with zero attached hydrogens (tertiary/aromatic N) is 7. The zero-order chi connectivity index (χ0) is 43.5. The average Bonchev–Trinajstić information content (AvgIpc) is 3.55. The largest absolute Gasteiger partial charge is 0.368 e. The van der Waals surface area contributed by atoms with Gasteiger partial charge in [-0.05, 0) is 97.3 Å². The normalized spacial score (nSPS) is 17.5. The van der Waals surface area contributed by atoms with Crippen molar-refractivity contribution in [3.05, 3.63) is 130 Å². The molecule has 0 spiro atoms. The van der Waals surface area contributed by atoms with Gasteiger partial charge in [0.15, 0.2) is 10.8 Å². The van der Waals surface area contributed by atoms with Gasteiger partial charge in [-0.25, -0.2) is 31.9 Å². The molecule has 2 amide bonds. The summed E-state index contributed by atoms with van der Waals surface area (Å²) < 4.78 is 74.6. The van der Waals surface area contributed by atoms with Crippen LogP contribution in [-0.4, -0.2) is 67.7 Å². The number of benzene rings is 3. The van der Waals surface area contributed by atoms with Gasteiger partial charge >= 0.3 is 0 Å². The van der Waals surface area contributed by atoms with Crippen LogP contribution in [0.25, 0.3) is 32.9 Å². The molecule has 7 aromatic rings. The van der Waals surface area contributed by atoms with Gasteiger partial charge < -0.3 is 25.8 Å². The lowest BCUT2D eigenvalue weighted by Crippen LogP contribution is -2.46. The molecule has 1 saturated carbocycles. The van der Waals surface area contributed by atoms with Gasteiger partial charge in [0.05, 0.1) is 22.0 Å². The highest BCUT2D eigenvalue weighted by molar-refractivity contribution is 7.22. The highest BCUT2D eigenvalue weighted by atomic mass is 32.1. The van der Waals surface area contributed by atoms with Gasteiger partial charge in [0, 0.05) is 78.6 Å². The number of carbonyl (C=O) groups is 2. The number of nitrogens with two attached hydrogens (primary N) is 1. The number of pyridine rings is 1. The van der Waals surface area contributed by atoms with E-state index in [9.17, 15) is 31.5 Å². The third-order valence-corrected chi connectivity index (χ3v) is 13.2. The maximum Gasteiger partial charge on any atom is 0.282 e. The monoisotopic (exact) mass is 878 g/mol. The summed E-state index contributed by atoms with van der Waals surface area (Å²) in [6.45, 7) is 2.32. The number of thiazole rings is 1. The van der Waals surface area contributed by atoms with Crippen molar-refractivity contribution in [1.82, 2.24) is 35.0 Å². The molecular weight excluding hydrogens is 840 g/mol. The molecule has 63 heavy (non-hydrogen) atoms. The minimum atomic E-state index is -2.81. The van der Waals surface area contributed by atoms with Crippen LogP contribution in [0.4, 0.5) is 32.8 Å². The van der Waals surface area contributed by atoms with Gasteiger partial charge in [0.1, 0.15) is 35.5 Å². The Bertz CT molecular complexity index is 2860. The number of primary amides is 1. The number of alkyl halides is 2. The minimum absolute atomic E-state index is 0.0439. The Hall–Kier alpha value is -6.69. The Labute approximate surface area is 361 Å². The van der Waals surface area contributed by atoms with Gasteiger partial charge in [-0.1, -0.05) is 17.4 Å². The number of rotatable bonds is 12. The number of aromatic amines is 1. The molecule has 2 aliphatic carbocycles. The second-order valence-electron chi connectivity index (χ2n) is 16.2. The maximum absolute atomic E-state index is 14.9. The van der Waals surface area contributed by atoms with Crippen LogP contribution in [0.5, 0.6) is 0 Å². The summed E-state index contributed by atoms with van der Waals surface area (Å²) in [5, 5.41) is 7.86. The second kappa shape index (κ2) is 16.2. The predicted octanol–water partition coefficient (Wildman–Crippen LogP) is 7.88. The second-order valence-corrected chi connectivity index (χ2v) is 17.2. The van der Waals surface area contributed by atoms with Crippen LogP contribution in [0.2, 0.25) is 0 Å². The summed E-state index contributed by atoms with van der Waals surface area (Å²) in [5.74, 6) is -2.92. The quantitative estimate of drug-likeness (QED) is 0.105. The van der Waals surface area contributed by atoms with E-state index < -0.39 is 48.3 Å². The molecule has 5 heterocycles. The Balaban J connectivity index is 0.998. The fraction of sp³-hybridized carbons (Fsp3) is 0.289. The predicted molar refractivity (Wildman–Crippen MR) is 227 cm³/mol. The van der Waals surface area contributed by atoms with Gasteiger partial charge in [-0.2, -0.15) is 10.1 Å². The number of hydrogen-bond donors (Lipinski definition) is 3. The van der Waals surface area contributed by atoms with Crippen molar-refractivity contribution in [2.45, 2.75) is 50.6 Å². The van der Waals surface area contributed by atoms with Crippen molar-refractivity contribution in [1.29, 1.82) is 0 Å². The van der Waals surface area contributed by atoms with Crippen LogP contribution >= 0.6 is 11.3 Å². The van der Waals surface area contributed by atoms with Crippen LogP contribution in [0.15, 0.2) is 79.1 Å². The molecule has 0 bridgehead atoms. The SMILES string of the molecule is NC(=O)c1cc(-c2cc3sc(N4CCN(c5ccc(-c6ncc[nH]6)cc5)CC4)nc3nc2[C@H](Cc2cc(F)cc(F)c2)NC(=O)Cn2nc(C(F)F)c3c2C2CC2CC3)ccc1F. The highest BCUT2D eigenvalue weighted by Gasteiger charge is 2.47. The Morgan fingerprint density at radius 1 is 0.905 bits per heavy atom. The van der Waals surface area contributed by atoms with Crippen LogP contribution < -0.4 is 20.9 Å². The molecule has 1 saturated heterocycles. The molecule has 4 aromatic heterocycles. The van der Waals surface area contributed by atoms with Gasteiger partial charge in [-0.3, -0.25) is 14.3 Å². The van der Waals surface area contributed by atoms with Gasteiger partial charge in [0.2, 0.25) is 5.91 Å². The van der Waals surface area contributed by atoms with E-state index in [1.54, 1.807) is 18.5 Å². The fourth-order valence-electron chi connectivity index (χ4n) is 9.08. The van der Waals surface area contributed by atoms with Crippen molar-refractivity contribution >= 4 is 44.3 Å². The summed E-state index contributed by atoms with van der Waals surface area (Å²) in [6, 6.07) is 15.7. The zero-order valence-corrected chi connectivity index (χ0v) is 34.3. The number of carbonyl (C=O) groups excluding carboxylic acids is 2. The number of halogens is 5. The smallest absolute Gasteiger partial charge is 0.282 e. The average molecular weight is 879 g/mol. The number of nitrogens with one attached hydrogen (secondary N) is 2. The van der Waals surface area contributed by atoms with E-state index in [-0.39, 0.29) is 34.9 Å². The molecule has 3 aromatic carbocycles. The van der Waals surface area contributed by atoms with E-state index in [0.29, 0.717) is 76.4 Å². The lowest BCUT2D eigenvalue weighted by atomic mass is 9.94. The van der Waals surface area contributed by atoms with E-state index in [2.05, 4.69) is 42.3 Å². The molecule has 2 fully saturated rings. The number of anilines is 2. The summed E-state index contributed by atoms with van der Waals surface area (Å²) in [5.41, 5.74) is 9.48. The molecule has 18 heteroatoms. The number of amides is 2. The summed E-state index contributed by atoms with van der Waals surface area (Å²) in [6.07, 6.45) is 2.59. The fourth-order valence-corrected chi connectivity index (χ4v) is 10.1. The van der Waals surface area contributed by atoms with Gasteiger partial charge in [-0.15, -0.1) is 0 Å². The lowest BCUT2D eigenvalue weighted by Gasteiger charge is -2.36. The Morgan fingerprint density at radius 2 is 1.65 bits per heavy atom. The van der Waals surface area contributed by atoms with Crippen molar-refractivity contribution in [3.63, 3.8) is 0 Å². The molecule has 0 radical (unpaired) electrons. The van der Waals surface area contributed by atoms with Crippen molar-refractivity contribution in [3.8, 4) is 22.5 Å². The first kappa shape index (κ1) is 40.4. The Kier molecular flexibility index (Phi) is 10.4. The van der Waals surface area contributed by atoms with Crippen molar-refractivity contribution < 1.29 is 31.5 Å². The van der Waals surface area contributed by atoms with Crippen LogP contribution in [0.3, 0.4) is 0 Å². The molecule has 3 atom stereocenters. The molecule has 3 aliphatic rings. The molecule has 322 valence electrons. The first-order chi connectivity index (χ1) is 30.4.